The van der Waals surface area contributed by atoms with Crippen LogP contribution in [-0.2, 0) is 17.5 Å². The number of hydrogen-bond donors (Lipinski definition) is 2. The van der Waals surface area contributed by atoms with Gasteiger partial charge in [0.1, 0.15) is 5.01 Å². The predicted molar refractivity (Wildman–Crippen MR) is 105 cm³/mol. The van der Waals surface area contributed by atoms with E-state index in [0.29, 0.717) is 23.6 Å². The number of guanidine groups is 1. The highest BCUT2D eigenvalue weighted by molar-refractivity contribution is 14.0. The van der Waals surface area contributed by atoms with Gasteiger partial charge in [0, 0.05) is 31.6 Å². The maximum Gasteiger partial charge on any atom is 0.434 e. The molecule has 0 radical (unpaired) electrons. The van der Waals surface area contributed by atoms with Gasteiger partial charge in [0.15, 0.2) is 11.7 Å². The van der Waals surface area contributed by atoms with Crippen molar-refractivity contribution in [2.75, 3.05) is 33.3 Å². The molecule has 3 heterocycles. The van der Waals surface area contributed by atoms with E-state index in [1.807, 2.05) is 0 Å². The minimum atomic E-state index is -4.40. The van der Waals surface area contributed by atoms with Crippen LogP contribution >= 0.6 is 35.3 Å². The number of fused-ring (bicyclic) bond motifs is 1. The Morgan fingerprint density at radius 2 is 2.27 bits per heavy atom. The van der Waals surface area contributed by atoms with E-state index >= 15 is 0 Å². The number of rotatable bonds is 4. The highest BCUT2D eigenvalue weighted by atomic mass is 127. The average Bonchev–Trinajstić information content (AvgIpc) is 3.23. The van der Waals surface area contributed by atoms with Gasteiger partial charge in [0.2, 0.25) is 0 Å². The summed E-state index contributed by atoms with van der Waals surface area (Å²) in [7, 11) is 1.62. The number of nitrogens with zero attached hydrogens (tertiary/aromatic N) is 3. The Morgan fingerprint density at radius 1 is 1.46 bits per heavy atom. The lowest BCUT2D eigenvalue weighted by molar-refractivity contribution is -0.140. The number of aliphatic imine (C=N–C) groups is 1. The van der Waals surface area contributed by atoms with E-state index in [9.17, 15) is 13.2 Å². The summed E-state index contributed by atoms with van der Waals surface area (Å²) in [5.41, 5.74) is -0.854. The Hall–Kier alpha value is -0.660. The fraction of sp³-hybridized carbons (Fsp3) is 0.733. The van der Waals surface area contributed by atoms with E-state index < -0.39 is 11.9 Å². The maximum absolute atomic E-state index is 12.6. The third-order valence-electron chi connectivity index (χ3n) is 4.43. The molecule has 2 unspecified atom stereocenters. The largest absolute Gasteiger partial charge is 0.434 e. The van der Waals surface area contributed by atoms with Crippen LogP contribution in [-0.4, -0.2) is 61.3 Å². The van der Waals surface area contributed by atoms with Crippen LogP contribution in [0.15, 0.2) is 10.4 Å². The number of alkyl halides is 3. The molecule has 0 aliphatic carbocycles. The third-order valence-corrected chi connectivity index (χ3v) is 5.28. The summed E-state index contributed by atoms with van der Waals surface area (Å²) < 4.78 is 43.5. The van der Waals surface area contributed by atoms with Gasteiger partial charge >= 0.3 is 6.18 Å². The van der Waals surface area contributed by atoms with Crippen molar-refractivity contribution >= 4 is 41.3 Å². The summed E-state index contributed by atoms with van der Waals surface area (Å²) in [5.74, 6) is 0.524. The highest BCUT2D eigenvalue weighted by Crippen LogP contribution is 2.29. The molecule has 1 aromatic rings. The van der Waals surface area contributed by atoms with Crippen molar-refractivity contribution in [1.29, 1.82) is 0 Å². The molecule has 11 heteroatoms. The normalized spacial score (nSPS) is 24.1. The Balaban J connectivity index is 0.00000243. The number of morpholine rings is 1. The van der Waals surface area contributed by atoms with Crippen molar-refractivity contribution in [2.24, 2.45) is 4.99 Å². The Labute approximate surface area is 171 Å². The molecule has 6 nitrogen and oxygen atoms in total. The van der Waals surface area contributed by atoms with E-state index in [0.717, 1.165) is 36.4 Å². The number of aromatic nitrogens is 1. The van der Waals surface area contributed by atoms with Gasteiger partial charge in [-0.05, 0) is 19.4 Å². The second-order valence-corrected chi connectivity index (χ2v) is 7.12. The first kappa shape index (κ1) is 21.6. The molecule has 2 fully saturated rings. The van der Waals surface area contributed by atoms with Crippen LogP contribution in [0.5, 0.6) is 0 Å². The van der Waals surface area contributed by atoms with Gasteiger partial charge < -0.3 is 15.4 Å². The molecular formula is C15H23F3IN5OS. The minimum absolute atomic E-state index is 0. The van der Waals surface area contributed by atoms with E-state index in [2.05, 4.69) is 25.5 Å². The topological polar surface area (TPSA) is 61.8 Å². The van der Waals surface area contributed by atoms with Gasteiger partial charge in [-0.3, -0.25) is 9.89 Å². The van der Waals surface area contributed by atoms with Gasteiger partial charge in [0.25, 0.3) is 0 Å². The average molecular weight is 505 g/mol. The second kappa shape index (κ2) is 9.51. The van der Waals surface area contributed by atoms with Crippen molar-refractivity contribution in [3.8, 4) is 0 Å². The van der Waals surface area contributed by atoms with Crippen LogP contribution < -0.4 is 10.6 Å². The van der Waals surface area contributed by atoms with Crippen molar-refractivity contribution < 1.29 is 17.9 Å². The summed E-state index contributed by atoms with van der Waals surface area (Å²) in [6, 6.07) is 0.557. The van der Waals surface area contributed by atoms with Crippen LogP contribution in [0.2, 0.25) is 0 Å². The molecule has 0 aromatic carbocycles. The number of hydrogen-bond acceptors (Lipinski definition) is 5. The summed E-state index contributed by atoms with van der Waals surface area (Å²) in [6.45, 7) is 3.59. The monoisotopic (exact) mass is 505 g/mol. The molecular weight excluding hydrogens is 482 g/mol. The lowest BCUT2D eigenvalue weighted by Crippen LogP contribution is -2.51. The Morgan fingerprint density at radius 3 is 2.96 bits per heavy atom. The molecule has 2 saturated heterocycles. The van der Waals surface area contributed by atoms with E-state index in [1.54, 1.807) is 7.05 Å². The zero-order chi connectivity index (χ0) is 17.9. The van der Waals surface area contributed by atoms with Gasteiger partial charge in [-0.25, -0.2) is 4.98 Å². The quantitative estimate of drug-likeness (QED) is 0.374. The predicted octanol–water partition coefficient (Wildman–Crippen LogP) is 2.31. The van der Waals surface area contributed by atoms with Crippen LogP contribution in [0.4, 0.5) is 13.2 Å². The first-order valence-corrected chi connectivity index (χ1v) is 9.15. The molecule has 0 saturated carbocycles. The SMILES string of the molecule is CN=C(NCc1nc(C(F)(F)F)cs1)NCC1CN2CCCC2CO1.I. The maximum atomic E-state index is 12.6. The molecule has 2 atom stereocenters. The van der Waals surface area contributed by atoms with Gasteiger partial charge in [-0.1, -0.05) is 0 Å². The molecule has 2 aliphatic rings. The third kappa shape index (κ3) is 5.67. The summed E-state index contributed by atoms with van der Waals surface area (Å²) in [5, 5.41) is 7.54. The Kier molecular flexibility index (Phi) is 7.91. The fourth-order valence-electron chi connectivity index (χ4n) is 3.12. The first-order valence-electron chi connectivity index (χ1n) is 8.27. The molecule has 0 amide bonds. The molecule has 0 bridgehead atoms. The van der Waals surface area contributed by atoms with Gasteiger partial charge in [0.05, 0.1) is 19.3 Å². The summed E-state index contributed by atoms with van der Waals surface area (Å²) >= 11 is 0.978. The lowest BCUT2D eigenvalue weighted by Gasteiger charge is -2.35. The van der Waals surface area contributed by atoms with Crippen LogP contribution in [0.1, 0.15) is 23.5 Å². The molecule has 1 aromatic heterocycles. The van der Waals surface area contributed by atoms with Crippen molar-refractivity contribution in [1.82, 2.24) is 20.5 Å². The zero-order valence-corrected chi connectivity index (χ0v) is 17.5. The molecule has 2 N–H and O–H groups in total. The fourth-order valence-corrected chi connectivity index (χ4v) is 3.86. The minimum Gasteiger partial charge on any atom is -0.373 e. The van der Waals surface area contributed by atoms with Crippen molar-refractivity contribution in [3.63, 3.8) is 0 Å². The number of ether oxygens (including phenoxy) is 1. The molecule has 2 aliphatic heterocycles. The van der Waals surface area contributed by atoms with E-state index in [-0.39, 0.29) is 36.6 Å². The van der Waals surface area contributed by atoms with Gasteiger partial charge in [-0.2, -0.15) is 13.2 Å². The molecule has 26 heavy (non-hydrogen) atoms. The number of nitrogens with one attached hydrogen (secondary N) is 2. The van der Waals surface area contributed by atoms with Crippen molar-refractivity contribution in [2.45, 2.75) is 37.7 Å². The summed E-state index contributed by atoms with van der Waals surface area (Å²) in [6.07, 6.45) is -1.88. The second-order valence-electron chi connectivity index (χ2n) is 6.18. The standard InChI is InChI=1S/C15H22F3N5OS.HI/c1-19-14(21-6-13-22-12(9-25-13)15(16,17)18)20-5-11-7-23-4-2-3-10(23)8-24-11;/h9-11H,2-8H2,1H3,(H2,19,20,21);1H. The molecule has 0 spiro atoms. The van der Waals surface area contributed by atoms with Crippen LogP contribution in [0.3, 0.4) is 0 Å². The van der Waals surface area contributed by atoms with E-state index in [4.69, 9.17) is 4.74 Å². The van der Waals surface area contributed by atoms with Crippen LogP contribution in [0.25, 0.3) is 0 Å². The first-order chi connectivity index (χ1) is 12.0. The molecule has 148 valence electrons. The van der Waals surface area contributed by atoms with Crippen molar-refractivity contribution in [3.05, 3.63) is 16.1 Å². The number of halogens is 4. The number of thiazole rings is 1. The van der Waals surface area contributed by atoms with E-state index in [1.165, 1.54) is 12.8 Å². The lowest BCUT2D eigenvalue weighted by atomic mass is 10.2. The summed E-state index contributed by atoms with van der Waals surface area (Å²) in [4.78, 5) is 10.1. The Bertz CT molecular complexity index is 612. The van der Waals surface area contributed by atoms with Gasteiger partial charge in [-0.15, -0.1) is 35.3 Å². The zero-order valence-electron chi connectivity index (χ0n) is 14.4. The van der Waals surface area contributed by atoms with Crippen LogP contribution in [0, 0.1) is 0 Å². The smallest absolute Gasteiger partial charge is 0.373 e. The highest BCUT2D eigenvalue weighted by Gasteiger charge is 2.34. The molecule has 3 rings (SSSR count).